The Bertz CT molecular complexity index is 808. The molecule has 0 bridgehead atoms. The summed E-state index contributed by atoms with van der Waals surface area (Å²) < 4.78 is 2.43. The number of hydrogen-bond acceptors (Lipinski definition) is 3. The third-order valence-corrected chi connectivity index (χ3v) is 9.15. The standard InChI is InChI=1S/C23H33N3O/c1-15-13-26(14-24-15)21-7-6-19-18-5-4-16-12-17(25-27)8-10-22(16,2)20(18)9-11-23(19,21)3/h12-14,18-21,27H,4-11H2,1-3H3/b25-17-. The van der Waals surface area contributed by atoms with Crippen LogP contribution in [0.2, 0.25) is 0 Å². The SMILES string of the molecule is Cc1cn(C2CCC3C4CCC5=C/C(=N\O)CCC5(C)C4CCC32C)cn1. The Hall–Kier alpha value is -1.58. The lowest BCUT2D eigenvalue weighted by Gasteiger charge is -2.58. The van der Waals surface area contributed by atoms with Gasteiger partial charge in [-0.1, -0.05) is 24.6 Å². The maximum Gasteiger partial charge on any atom is 0.0952 e. The molecule has 6 unspecified atom stereocenters. The van der Waals surface area contributed by atoms with Crippen molar-refractivity contribution in [3.8, 4) is 0 Å². The minimum absolute atomic E-state index is 0.322. The number of aromatic nitrogens is 2. The highest BCUT2D eigenvalue weighted by molar-refractivity contribution is 5.96. The molecule has 0 amide bonds. The fourth-order valence-corrected chi connectivity index (χ4v) is 7.72. The predicted molar refractivity (Wildman–Crippen MR) is 107 cm³/mol. The number of aryl methyl sites for hydroxylation is 1. The smallest absolute Gasteiger partial charge is 0.0952 e. The van der Waals surface area contributed by atoms with Gasteiger partial charge in [0.1, 0.15) is 0 Å². The van der Waals surface area contributed by atoms with Gasteiger partial charge in [-0.05, 0) is 93.0 Å². The molecule has 3 saturated carbocycles. The van der Waals surface area contributed by atoms with Gasteiger partial charge in [0, 0.05) is 12.2 Å². The van der Waals surface area contributed by atoms with Crippen molar-refractivity contribution in [3.63, 3.8) is 0 Å². The van der Waals surface area contributed by atoms with E-state index in [4.69, 9.17) is 0 Å². The van der Waals surface area contributed by atoms with Gasteiger partial charge in [-0.3, -0.25) is 0 Å². The van der Waals surface area contributed by atoms with E-state index in [0.29, 0.717) is 16.9 Å². The first-order valence-corrected chi connectivity index (χ1v) is 10.9. The second-order valence-electron chi connectivity index (χ2n) is 10.2. The van der Waals surface area contributed by atoms with Gasteiger partial charge in [-0.2, -0.15) is 0 Å². The van der Waals surface area contributed by atoms with Crippen LogP contribution in [0.5, 0.6) is 0 Å². The van der Waals surface area contributed by atoms with Gasteiger partial charge >= 0.3 is 0 Å². The van der Waals surface area contributed by atoms with Crippen LogP contribution in [-0.4, -0.2) is 20.5 Å². The highest BCUT2D eigenvalue weighted by Gasteiger charge is 2.59. The number of oxime groups is 1. The van der Waals surface area contributed by atoms with Crippen molar-refractivity contribution in [2.45, 2.75) is 78.2 Å². The van der Waals surface area contributed by atoms with Crippen molar-refractivity contribution in [2.24, 2.45) is 33.7 Å². The minimum Gasteiger partial charge on any atom is -0.411 e. The topological polar surface area (TPSA) is 50.4 Å². The van der Waals surface area contributed by atoms with Gasteiger partial charge < -0.3 is 9.77 Å². The molecule has 0 radical (unpaired) electrons. The summed E-state index contributed by atoms with van der Waals surface area (Å²) in [5.74, 6) is 2.50. The normalized spacial score (nSPS) is 45.1. The van der Waals surface area contributed by atoms with Crippen molar-refractivity contribution in [3.05, 3.63) is 29.9 Å². The van der Waals surface area contributed by atoms with Crippen molar-refractivity contribution in [1.82, 2.24) is 9.55 Å². The van der Waals surface area contributed by atoms with Crippen LogP contribution in [0, 0.1) is 35.5 Å². The van der Waals surface area contributed by atoms with Crippen molar-refractivity contribution in [1.29, 1.82) is 0 Å². The number of imidazole rings is 1. The molecule has 6 atom stereocenters. The zero-order valence-corrected chi connectivity index (χ0v) is 17.0. The summed E-state index contributed by atoms with van der Waals surface area (Å²) >= 11 is 0. The summed E-state index contributed by atoms with van der Waals surface area (Å²) in [6.45, 7) is 7.19. The van der Waals surface area contributed by atoms with E-state index in [1.165, 1.54) is 38.5 Å². The Morgan fingerprint density at radius 1 is 1.11 bits per heavy atom. The Kier molecular flexibility index (Phi) is 3.86. The third kappa shape index (κ3) is 2.41. The molecule has 0 aliphatic heterocycles. The largest absolute Gasteiger partial charge is 0.411 e. The molecule has 146 valence electrons. The van der Waals surface area contributed by atoms with Crippen molar-refractivity contribution >= 4 is 5.71 Å². The number of allylic oxidation sites excluding steroid dienone is 2. The first-order valence-electron chi connectivity index (χ1n) is 10.9. The number of nitrogens with zero attached hydrogens (tertiary/aromatic N) is 3. The Balaban J connectivity index is 1.46. The molecule has 4 aliphatic carbocycles. The molecule has 4 heteroatoms. The summed E-state index contributed by atoms with van der Waals surface area (Å²) in [5.41, 5.74) is 4.32. The molecule has 5 rings (SSSR count). The summed E-state index contributed by atoms with van der Waals surface area (Å²) in [6.07, 6.45) is 16.5. The van der Waals surface area contributed by atoms with Crippen LogP contribution in [-0.2, 0) is 0 Å². The van der Waals surface area contributed by atoms with Crippen molar-refractivity contribution in [2.75, 3.05) is 0 Å². The van der Waals surface area contributed by atoms with Crippen LogP contribution in [0.3, 0.4) is 0 Å². The lowest BCUT2D eigenvalue weighted by molar-refractivity contribution is -0.0466. The van der Waals surface area contributed by atoms with E-state index in [1.807, 2.05) is 0 Å². The molecule has 4 nitrogen and oxygen atoms in total. The van der Waals surface area contributed by atoms with Crippen LogP contribution >= 0.6 is 0 Å². The van der Waals surface area contributed by atoms with Crippen LogP contribution < -0.4 is 0 Å². The molecule has 0 spiro atoms. The van der Waals surface area contributed by atoms with Gasteiger partial charge in [-0.15, -0.1) is 0 Å². The Labute approximate surface area is 162 Å². The fraction of sp³-hybridized carbons (Fsp3) is 0.739. The number of hydrogen-bond donors (Lipinski definition) is 1. The molecule has 27 heavy (non-hydrogen) atoms. The van der Waals surface area contributed by atoms with Gasteiger partial charge in [0.15, 0.2) is 0 Å². The second-order valence-corrected chi connectivity index (χ2v) is 10.2. The quantitative estimate of drug-likeness (QED) is 0.524. The Morgan fingerprint density at radius 2 is 1.96 bits per heavy atom. The zero-order chi connectivity index (χ0) is 18.8. The zero-order valence-electron chi connectivity index (χ0n) is 17.0. The first kappa shape index (κ1) is 17.5. The van der Waals surface area contributed by atoms with E-state index < -0.39 is 0 Å². The van der Waals surface area contributed by atoms with E-state index >= 15 is 0 Å². The number of rotatable bonds is 1. The highest BCUT2D eigenvalue weighted by atomic mass is 16.4. The molecule has 1 aromatic heterocycles. The maximum absolute atomic E-state index is 9.23. The molecular weight excluding hydrogens is 334 g/mol. The van der Waals surface area contributed by atoms with E-state index in [-0.39, 0.29) is 0 Å². The lowest BCUT2D eigenvalue weighted by atomic mass is 9.47. The summed E-state index contributed by atoms with van der Waals surface area (Å²) in [4.78, 5) is 4.52. The van der Waals surface area contributed by atoms with E-state index in [9.17, 15) is 5.21 Å². The summed E-state index contributed by atoms with van der Waals surface area (Å²) in [7, 11) is 0. The fourth-order valence-electron chi connectivity index (χ4n) is 7.72. The van der Waals surface area contributed by atoms with E-state index in [1.54, 1.807) is 5.57 Å². The van der Waals surface area contributed by atoms with Crippen LogP contribution in [0.15, 0.2) is 29.3 Å². The molecule has 1 aromatic rings. The lowest BCUT2D eigenvalue weighted by Crippen LogP contribution is -2.50. The molecule has 4 aliphatic rings. The van der Waals surface area contributed by atoms with Gasteiger partial charge in [-0.25, -0.2) is 4.98 Å². The molecule has 1 N–H and O–H groups in total. The Morgan fingerprint density at radius 3 is 2.70 bits per heavy atom. The average Bonchev–Trinajstić information content (AvgIpc) is 3.23. The number of fused-ring (bicyclic) bond motifs is 5. The van der Waals surface area contributed by atoms with Gasteiger partial charge in [0.05, 0.1) is 17.7 Å². The molecule has 0 aromatic carbocycles. The molecule has 0 saturated heterocycles. The summed E-state index contributed by atoms with van der Waals surface area (Å²) in [5, 5.41) is 12.7. The average molecular weight is 368 g/mol. The van der Waals surface area contributed by atoms with Crippen molar-refractivity contribution < 1.29 is 5.21 Å². The minimum atomic E-state index is 0.322. The maximum atomic E-state index is 9.23. The van der Waals surface area contributed by atoms with E-state index in [0.717, 1.165) is 42.0 Å². The van der Waals surface area contributed by atoms with E-state index in [2.05, 4.69) is 54.1 Å². The molecular formula is C23H33N3O. The monoisotopic (exact) mass is 367 g/mol. The second kappa shape index (κ2) is 5.96. The molecule has 1 heterocycles. The van der Waals surface area contributed by atoms with Crippen LogP contribution in [0.1, 0.15) is 76.9 Å². The third-order valence-electron chi connectivity index (χ3n) is 9.15. The predicted octanol–water partition coefficient (Wildman–Crippen LogP) is 5.53. The van der Waals surface area contributed by atoms with Gasteiger partial charge in [0.2, 0.25) is 0 Å². The first-order chi connectivity index (χ1) is 13.0. The molecule has 3 fully saturated rings. The highest BCUT2D eigenvalue weighted by Crippen LogP contribution is 2.67. The van der Waals surface area contributed by atoms with Crippen LogP contribution in [0.4, 0.5) is 0 Å². The van der Waals surface area contributed by atoms with Crippen LogP contribution in [0.25, 0.3) is 0 Å². The summed E-state index contributed by atoms with van der Waals surface area (Å²) in [6, 6.07) is 0.619. The van der Waals surface area contributed by atoms with Gasteiger partial charge in [0.25, 0.3) is 0 Å².